The second-order valence-corrected chi connectivity index (χ2v) is 34.1. The summed E-state index contributed by atoms with van der Waals surface area (Å²) in [5, 5.41) is 104. The first kappa shape index (κ1) is 102. The maximum absolute atomic E-state index is 14.1. The molecule has 3 saturated heterocycles. The molecule has 17 atom stereocenters. The SMILES string of the molecule is CC1C(OCCCCC(=O)CCCCCC(=O)CCOCC(COCCC(=O)CCCCCC(=O)CCCCOC2OC(CO)C(O)C(O)C2C)(COCCC(=O)CCCCCC(=O)CCCCOC2OC(CO)C(O)C(O)C2C)NC(=O)CCCCCCCCC(=O)N2C[C@H](O)C[C@H]2CCC(C)(C)C)CC(CO)C(O)C1O. The number of rotatable bonds is 66. The van der Waals surface area contributed by atoms with Crippen LogP contribution in [-0.4, -0.2) is 274 Å². The van der Waals surface area contributed by atoms with Gasteiger partial charge in [0, 0.05) is 153 Å². The van der Waals surface area contributed by atoms with E-state index in [4.69, 9.17) is 37.9 Å². The molecule has 15 unspecified atom stereocenters. The van der Waals surface area contributed by atoms with Crippen LogP contribution in [0.3, 0.4) is 0 Å². The summed E-state index contributed by atoms with van der Waals surface area (Å²) < 4.78 is 47.5. The first-order valence-corrected chi connectivity index (χ1v) is 43.2. The highest BCUT2D eigenvalue weighted by Gasteiger charge is 2.45. The van der Waals surface area contributed by atoms with E-state index in [2.05, 4.69) is 26.1 Å². The van der Waals surface area contributed by atoms with E-state index >= 15 is 0 Å². The van der Waals surface area contributed by atoms with Crippen LogP contribution in [0.1, 0.15) is 292 Å². The summed E-state index contributed by atoms with van der Waals surface area (Å²) in [6.07, 6.45) is 9.85. The Morgan fingerprint density at radius 2 is 0.735 bits per heavy atom. The van der Waals surface area contributed by atoms with E-state index in [1.165, 1.54) is 0 Å². The fourth-order valence-electron chi connectivity index (χ4n) is 15.2. The number of carbonyl (C=O) groups excluding carboxylic acids is 8. The fourth-order valence-corrected chi connectivity index (χ4v) is 15.2. The number of nitrogens with one attached hydrogen (secondary N) is 1. The van der Waals surface area contributed by atoms with E-state index in [1.807, 2.05) is 11.8 Å². The van der Waals surface area contributed by atoms with E-state index < -0.39 is 104 Å². The fraction of sp³-hybridized carbons (Fsp3) is 0.906. The maximum Gasteiger partial charge on any atom is 0.222 e. The zero-order chi connectivity index (χ0) is 83.1. The number of hydrogen-bond donors (Lipinski definition) is 11. The summed E-state index contributed by atoms with van der Waals surface area (Å²) in [6, 6.07) is 0.0538. The van der Waals surface area contributed by atoms with Crippen molar-refractivity contribution >= 4 is 46.5 Å². The molecule has 28 nitrogen and oxygen atoms in total. The van der Waals surface area contributed by atoms with Crippen LogP contribution < -0.4 is 5.32 Å². The molecule has 0 radical (unpaired) electrons. The predicted molar refractivity (Wildman–Crippen MR) is 422 cm³/mol. The zero-order valence-electron chi connectivity index (χ0n) is 69.5. The van der Waals surface area contributed by atoms with E-state index in [9.17, 15) is 89.4 Å². The Morgan fingerprint density at radius 3 is 1.12 bits per heavy atom. The quantitative estimate of drug-likeness (QED) is 0.0260. The number of aliphatic hydroxyl groups is 10. The second kappa shape index (κ2) is 57.4. The minimum atomic E-state index is -1.30. The highest BCUT2D eigenvalue weighted by molar-refractivity contribution is 5.81. The number of β-amino-alcohol motifs (C(OH)–C–C–N with tert-alkyl or cyclic N) is 1. The van der Waals surface area contributed by atoms with Gasteiger partial charge in [-0.2, -0.15) is 0 Å². The topological polar surface area (TPSA) is 428 Å². The number of nitrogens with zero attached hydrogens (tertiary/aromatic N) is 1. The molecule has 113 heavy (non-hydrogen) atoms. The lowest BCUT2D eigenvalue weighted by Gasteiger charge is -2.40. The predicted octanol–water partition coefficient (Wildman–Crippen LogP) is 7.69. The number of unbranched alkanes of at least 4 members (excludes halogenated alkanes) is 14. The largest absolute Gasteiger partial charge is 0.396 e. The molecule has 4 rings (SSSR count). The highest BCUT2D eigenvalue weighted by Crippen LogP contribution is 2.34. The smallest absolute Gasteiger partial charge is 0.222 e. The number of ketones is 6. The van der Waals surface area contributed by atoms with Gasteiger partial charge in [-0.1, -0.05) is 86.5 Å². The van der Waals surface area contributed by atoms with Gasteiger partial charge in [0.05, 0.1) is 89.5 Å². The molecule has 656 valence electrons. The van der Waals surface area contributed by atoms with Crippen LogP contribution in [0.5, 0.6) is 0 Å². The number of Topliss-reactive ketones (excluding diaryl/α,β-unsaturated/α-hetero) is 6. The summed E-state index contributed by atoms with van der Waals surface area (Å²) >= 11 is 0. The van der Waals surface area contributed by atoms with E-state index in [0.29, 0.717) is 174 Å². The van der Waals surface area contributed by atoms with Crippen molar-refractivity contribution in [3.05, 3.63) is 0 Å². The third-order valence-corrected chi connectivity index (χ3v) is 22.9. The minimum absolute atomic E-state index is 0.0187. The van der Waals surface area contributed by atoms with E-state index in [-0.39, 0.29) is 174 Å². The third kappa shape index (κ3) is 41.2. The van der Waals surface area contributed by atoms with Gasteiger partial charge in [0.2, 0.25) is 11.8 Å². The first-order chi connectivity index (χ1) is 54.0. The molecule has 4 fully saturated rings. The average molecular weight is 1620 g/mol. The summed E-state index contributed by atoms with van der Waals surface area (Å²) in [6.45, 7) is 11.6. The normalized spacial score (nSPS) is 26.7. The van der Waals surface area contributed by atoms with Gasteiger partial charge in [-0.25, -0.2) is 0 Å². The molecule has 0 aromatic carbocycles. The molecule has 2 amide bonds. The van der Waals surface area contributed by atoms with Crippen LogP contribution in [0.4, 0.5) is 0 Å². The van der Waals surface area contributed by atoms with Crippen LogP contribution in [0.25, 0.3) is 0 Å². The van der Waals surface area contributed by atoms with Crippen molar-refractivity contribution in [2.24, 2.45) is 29.1 Å². The van der Waals surface area contributed by atoms with Crippen LogP contribution in [0.2, 0.25) is 0 Å². The van der Waals surface area contributed by atoms with Crippen molar-refractivity contribution in [2.45, 2.75) is 377 Å². The number of ether oxygens (including phenoxy) is 8. The van der Waals surface area contributed by atoms with Crippen molar-refractivity contribution in [2.75, 3.05) is 85.8 Å². The molecule has 1 saturated carbocycles. The number of carbonyl (C=O) groups is 8. The lowest BCUT2D eigenvalue weighted by Crippen LogP contribution is -2.58. The standard InChI is InChI=1S/C85H150N2O26/c1-59-71(50-62(53-88)79(103)76(59)100)109-44-25-22-34-64(91)28-14-11-17-31-67(94)40-47-106-56-85(86-74(98)37-20-9-7-8-10-21-38-75(99)87-52-70(97)51-63(87)39-43-84(4,5)6,57-107-48-41-68(95)32-18-12-15-29-65(92)35-23-26-45-110-82-60(2)77(101)80(104)72(54-89)112-82)58-108-49-42-69(96)33-19-13-16-30-66(93)36-24-27-46-111-83-61(3)78(102)81(105)73(55-90)113-83/h59-63,70-73,76-83,88-90,97,100-105H,7-58H2,1-6H3,(H,86,98)/t59?,60?,61?,62?,63-,70-,71?,72?,73?,76?,77?,78?,79?,80?,81?,82?,83?,85?/m1/s1. The molecule has 0 aromatic heterocycles. The van der Waals surface area contributed by atoms with Crippen molar-refractivity contribution < 1.29 is 127 Å². The third-order valence-electron chi connectivity index (χ3n) is 22.9. The lowest BCUT2D eigenvalue weighted by atomic mass is 9.77. The summed E-state index contributed by atoms with van der Waals surface area (Å²) in [4.78, 5) is 107. The molecule has 0 aromatic rings. The Bertz CT molecular complexity index is 2450. The zero-order valence-corrected chi connectivity index (χ0v) is 69.5. The van der Waals surface area contributed by atoms with Gasteiger partial charge in [-0.15, -0.1) is 0 Å². The van der Waals surface area contributed by atoms with Gasteiger partial charge < -0.3 is 99.2 Å². The Kier molecular flexibility index (Phi) is 51.6. The molecule has 3 heterocycles. The Labute approximate surface area is 673 Å². The molecular formula is C85H150N2O26. The number of hydrogen-bond acceptors (Lipinski definition) is 26. The molecule has 11 N–H and O–H groups in total. The molecule has 0 spiro atoms. The van der Waals surface area contributed by atoms with Crippen LogP contribution >= 0.6 is 0 Å². The number of aliphatic hydroxyl groups excluding tert-OH is 10. The Hall–Kier alpha value is -3.76. The van der Waals surface area contributed by atoms with Crippen molar-refractivity contribution in [1.29, 1.82) is 0 Å². The molecule has 4 aliphatic rings. The first-order valence-electron chi connectivity index (χ1n) is 43.2. The van der Waals surface area contributed by atoms with Crippen LogP contribution in [-0.2, 0) is 76.3 Å². The van der Waals surface area contributed by atoms with Gasteiger partial charge in [-0.3, -0.25) is 38.4 Å². The minimum Gasteiger partial charge on any atom is -0.396 e. The molecule has 0 bridgehead atoms. The second-order valence-electron chi connectivity index (χ2n) is 34.1. The average Bonchev–Trinajstić information content (AvgIpc) is 1.53. The maximum atomic E-state index is 14.1. The van der Waals surface area contributed by atoms with Gasteiger partial charge >= 0.3 is 0 Å². The van der Waals surface area contributed by atoms with Gasteiger partial charge in [0.15, 0.2) is 12.6 Å². The molecule has 1 aliphatic carbocycles. The van der Waals surface area contributed by atoms with Crippen molar-refractivity contribution in [3.63, 3.8) is 0 Å². The van der Waals surface area contributed by atoms with E-state index in [1.54, 1.807) is 13.8 Å². The number of amides is 2. The van der Waals surface area contributed by atoms with Gasteiger partial charge in [0.25, 0.3) is 0 Å². The monoisotopic (exact) mass is 1620 g/mol. The lowest BCUT2D eigenvalue weighted by molar-refractivity contribution is -0.282. The number of likely N-dealkylation sites (tertiary alicyclic amines) is 1. The van der Waals surface area contributed by atoms with Gasteiger partial charge in [-0.05, 0) is 121 Å². The van der Waals surface area contributed by atoms with Crippen LogP contribution in [0.15, 0.2) is 0 Å². The summed E-state index contributed by atoms with van der Waals surface area (Å²) in [7, 11) is 0. The van der Waals surface area contributed by atoms with Crippen molar-refractivity contribution in [1.82, 2.24) is 10.2 Å². The highest BCUT2D eigenvalue weighted by atomic mass is 16.7. The van der Waals surface area contributed by atoms with Crippen LogP contribution in [0, 0.1) is 29.1 Å². The van der Waals surface area contributed by atoms with Gasteiger partial charge in [0.1, 0.15) is 64.7 Å². The van der Waals surface area contributed by atoms with Crippen molar-refractivity contribution in [3.8, 4) is 0 Å². The summed E-state index contributed by atoms with van der Waals surface area (Å²) in [5.74, 6) is -1.73. The van der Waals surface area contributed by atoms with E-state index in [0.717, 1.165) is 44.9 Å². The Balaban J connectivity index is 1.28. The molecule has 28 heteroatoms. The Morgan fingerprint density at radius 1 is 0.389 bits per heavy atom. The molecule has 3 aliphatic heterocycles. The summed E-state index contributed by atoms with van der Waals surface area (Å²) in [5.41, 5.74) is -1.17. The molecular weight excluding hydrogens is 1460 g/mol.